The molecule has 3 aliphatic rings. The average Bonchev–Trinajstić information content (AvgIpc) is 3.68. The van der Waals surface area contributed by atoms with Crippen molar-refractivity contribution in [3.63, 3.8) is 0 Å². The third-order valence-electron chi connectivity index (χ3n) is 7.79. The van der Waals surface area contributed by atoms with E-state index < -0.39 is 23.9 Å². The topological polar surface area (TPSA) is 161 Å². The zero-order valence-electron chi connectivity index (χ0n) is 22.6. The molecule has 0 bridgehead atoms. The lowest BCUT2D eigenvalue weighted by Crippen LogP contribution is -2.50. The Morgan fingerprint density at radius 1 is 1.23 bits per heavy atom. The molecule has 40 heavy (non-hydrogen) atoms. The molecular formula is C28H37N7O5. The third-order valence-corrected chi connectivity index (χ3v) is 7.79. The van der Waals surface area contributed by atoms with E-state index in [0.717, 1.165) is 52.1 Å². The number of H-pyrrole nitrogens is 1. The zero-order valence-corrected chi connectivity index (χ0v) is 22.6. The molecule has 0 radical (unpaired) electrons. The standard InChI is InChI=1S/C28H37N7O5/c29-17-20(15-19-2-1-6-30-25(19)36)32-26(37)23(14-18-3-4-18)34-27(38)24-16-21-22(33-24)5-7-31-28(21)40-13-10-35-8-11-39-12-9-35/h5,7,16,18-20,23,33H,1-4,6,8-15H2,(H,30,36)(H,32,37)(H,34,38)/t19-,20-,23-/m0/s1. The molecule has 2 aromatic heterocycles. The van der Waals surface area contributed by atoms with Gasteiger partial charge in [0, 0.05) is 38.3 Å². The fourth-order valence-electron chi connectivity index (χ4n) is 5.28. The van der Waals surface area contributed by atoms with E-state index in [1.165, 1.54) is 0 Å². The zero-order chi connectivity index (χ0) is 27.9. The van der Waals surface area contributed by atoms with Crippen LogP contribution < -0.4 is 20.7 Å². The van der Waals surface area contributed by atoms with Gasteiger partial charge in [0.15, 0.2) is 0 Å². The molecule has 4 heterocycles. The van der Waals surface area contributed by atoms with Crippen molar-refractivity contribution >= 4 is 28.6 Å². The fourth-order valence-corrected chi connectivity index (χ4v) is 5.28. The number of nitrogens with zero attached hydrogens (tertiary/aromatic N) is 3. The predicted molar refractivity (Wildman–Crippen MR) is 145 cm³/mol. The predicted octanol–water partition coefficient (Wildman–Crippen LogP) is 1.10. The lowest BCUT2D eigenvalue weighted by Gasteiger charge is -2.26. The van der Waals surface area contributed by atoms with Crippen LogP contribution in [0.5, 0.6) is 5.88 Å². The lowest BCUT2D eigenvalue weighted by atomic mass is 9.92. The average molecular weight is 552 g/mol. The van der Waals surface area contributed by atoms with E-state index in [9.17, 15) is 19.6 Å². The first-order chi connectivity index (χ1) is 19.5. The Labute approximate surface area is 233 Å². The monoisotopic (exact) mass is 551 g/mol. The Balaban J connectivity index is 1.21. The van der Waals surface area contributed by atoms with Crippen LogP contribution >= 0.6 is 0 Å². The first-order valence-corrected chi connectivity index (χ1v) is 14.2. The van der Waals surface area contributed by atoms with Gasteiger partial charge in [-0.25, -0.2) is 4.98 Å². The molecule has 0 unspecified atom stereocenters. The molecule has 2 aliphatic heterocycles. The highest BCUT2D eigenvalue weighted by atomic mass is 16.5. The van der Waals surface area contributed by atoms with Crippen LogP contribution in [0.25, 0.3) is 10.9 Å². The Kier molecular flexibility index (Phi) is 9.13. The summed E-state index contributed by atoms with van der Waals surface area (Å²) in [7, 11) is 0. The highest BCUT2D eigenvalue weighted by Gasteiger charge is 2.33. The van der Waals surface area contributed by atoms with E-state index >= 15 is 0 Å². The Hall–Kier alpha value is -3.69. The number of amides is 3. The molecule has 3 amide bonds. The first-order valence-electron chi connectivity index (χ1n) is 14.2. The number of nitrogens with one attached hydrogen (secondary N) is 4. The van der Waals surface area contributed by atoms with Gasteiger partial charge in [-0.05, 0) is 43.7 Å². The number of carbonyl (C=O) groups is 3. The smallest absolute Gasteiger partial charge is 0.268 e. The molecule has 1 saturated carbocycles. The number of carbonyl (C=O) groups excluding carboxylic acids is 3. The number of hydrogen-bond donors (Lipinski definition) is 4. The summed E-state index contributed by atoms with van der Waals surface area (Å²) in [6, 6.07) is 3.97. The molecule has 0 spiro atoms. The maximum Gasteiger partial charge on any atom is 0.268 e. The van der Waals surface area contributed by atoms with Gasteiger partial charge in [-0.1, -0.05) is 12.8 Å². The summed E-state index contributed by atoms with van der Waals surface area (Å²) in [5.41, 5.74) is 1.00. The van der Waals surface area contributed by atoms with Crippen molar-refractivity contribution in [2.24, 2.45) is 11.8 Å². The molecule has 214 valence electrons. The van der Waals surface area contributed by atoms with Crippen molar-refractivity contribution < 1.29 is 23.9 Å². The Morgan fingerprint density at radius 3 is 2.80 bits per heavy atom. The van der Waals surface area contributed by atoms with Crippen LogP contribution in [0.4, 0.5) is 0 Å². The van der Waals surface area contributed by atoms with Crippen molar-refractivity contribution in [2.75, 3.05) is 46.0 Å². The molecule has 12 nitrogen and oxygen atoms in total. The third kappa shape index (κ3) is 7.28. The summed E-state index contributed by atoms with van der Waals surface area (Å²) >= 11 is 0. The molecule has 1 aliphatic carbocycles. The number of pyridine rings is 1. The molecule has 12 heteroatoms. The maximum atomic E-state index is 13.3. The normalized spacial score (nSPS) is 21.2. The van der Waals surface area contributed by atoms with Gasteiger partial charge in [0.05, 0.1) is 30.2 Å². The summed E-state index contributed by atoms with van der Waals surface area (Å²) in [6.45, 7) is 5.04. The second kappa shape index (κ2) is 13.1. The summed E-state index contributed by atoms with van der Waals surface area (Å²) in [5.74, 6) is -0.415. The SMILES string of the molecule is N#C[C@H](C[C@@H]1CCCNC1=O)NC(=O)[C@H](CC1CC1)NC(=O)c1cc2c(OCCN3CCOCC3)nccc2[nH]1. The molecule has 2 aromatic rings. The molecule has 3 atom stereocenters. The highest BCUT2D eigenvalue weighted by Crippen LogP contribution is 2.34. The minimum Gasteiger partial charge on any atom is -0.476 e. The van der Waals surface area contributed by atoms with Gasteiger partial charge in [-0.2, -0.15) is 5.26 Å². The molecule has 4 N–H and O–H groups in total. The second-order valence-corrected chi connectivity index (χ2v) is 10.8. The summed E-state index contributed by atoms with van der Waals surface area (Å²) in [4.78, 5) is 48.3. The van der Waals surface area contributed by atoms with E-state index in [1.807, 2.05) is 0 Å². The van der Waals surface area contributed by atoms with Crippen LogP contribution in [0.15, 0.2) is 18.3 Å². The number of hydrogen-bond acceptors (Lipinski definition) is 8. The maximum absolute atomic E-state index is 13.3. The number of morpholine rings is 1. The summed E-state index contributed by atoms with van der Waals surface area (Å²) < 4.78 is 11.3. The van der Waals surface area contributed by atoms with Crippen molar-refractivity contribution in [1.29, 1.82) is 5.26 Å². The van der Waals surface area contributed by atoms with Gasteiger partial charge in [0.25, 0.3) is 5.91 Å². The number of aromatic amines is 1. The van der Waals surface area contributed by atoms with Crippen LogP contribution in [0, 0.1) is 23.2 Å². The fraction of sp³-hybridized carbons (Fsp3) is 0.607. The van der Waals surface area contributed by atoms with Crippen molar-refractivity contribution in [2.45, 2.75) is 50.6 Å². The summed E-state index contributed by atoms with van der Waals surface area (Å²) in [5, 5.41) is 18.8. The number of ether oxygens (including phenoxy) is 2. The molecule has 3 fully saturated rings. The minimum absolute atomic E-state index is 0.0821. The first kappa shape index (κ1) is 27.9. The van der Waals surface area contributed by atoms with Crippen LogP contribution in [-0.4, -0.2) is 90.7 Å². The second-order valence-electron chi connectivity index (χ2n) is 10.8. The molecule has 2 saturated heterocycles. The van der Waals surface area contributed by atoms with E-state index in [0.29, 0.717) is 54.4 Å². The van der Waals surface area contributed by atoms with Gasteiger partial charge < -0.3 is 30.4 Å². The Morgan fingerprint density at radius 2 is 2.05 bits per heavy atom. The molecule has 5 rings (SSSR count). The van der Waals surface area contributed by atoms with E-state index in [-0.39, 0.29) is 18.2 Å². The van der Waals surface area contributed by atoms with Gasteiger partial charge in [0.1, 0.15) is 24.4 Å². The van der Waals surface area contributed by atoms with Crippen LogP contribution in [-0.2, 0) is 14.3 Å². The van der Waals surface area contributed by atoms with Crippen molar-refractivity contribution in [1.82, 2.24) is 30.8 Å². The van der Waals surface area contributed by atoms with Crippen LogP contribution in [0.3, 0.4) is 0 Å². The summed E-state index contributed by atoms with van der Waals surface area (Å²) in [6.07, 6.45) is 5.93. The number of nitriles is 1. The van der Waals surface area contributed by atoms with Gasteiger partial charge >= 0.3 is 0 Å². The number of fused-ring (bicyclic) bond motifs is 1. The largest absolute Gasteiger partial charge is 0.476 e. The van der Waals surface area contributed by atoms with Gasteiger partial charge in [-0.15, -0.1) is 0 Å². The minimum atomic E-state index is -0.809. The van der Waals surface area contributed by atoms with Crippen molar-refractivity contribution in [3.05, 3.63) is 24.0 Å². The van der Waals surface area contributed by atoms with E-state index in [1.54, 1.807) is 18.3 Å². The number of aromatic nitrogens is 2. The lowest BCUT2D eigenvalue weighted by molar-refractivity contribution is -0.128. The number of piperidine rings is 1. The van der Waals surface area contributed by atoms with Crippen LogP contribution in [0.2, 0.25) is 0 Å². The van der Waals surface area contributed by atoms with Crippen LogP contribution in [0.1, 0.15) is 49.0 Å². The van der Waals surface area contributed by atoms with E-state index in [2.05, 4.69) is 36.9 Å². The Bertz CT molecular complexity index is 1250. The van der Waals surface area contributed by atoms with Crippen molar-refractivity contribution in [3.8, 4) is 11.9 Å². The molecular weight excluding hydrogens is 514 g/mol. The molecule has 0 aromatic carbocycles. The van der Waals surface area contributed by atoms with E-state index in [4.69, 9.17) is 9.47 Å². The van der Waals surface area contributed by atoms with Gasteiger partial charge in [-0.3, -0.25) is 19.3 Å². The highest BCUT2D eigenvalue weighted by molar-refractivity contribution is 6.01. The quantitative estimate of drug-likeness (QED) is 0.305. The number of rotatable bonds is 12. The van der Waals surface area contributed by atoms with Gasteiger partial charge in [0.2, 0.25) is 17.7 Å².